The molecule has 0 saturated carbocycles. The molecule has 0 radical (unpaired) electrons. The lowest BCUT2D eigenvalue weighted by atomic mass is 9.87. The molecule has 3 N–H and O–H groups in total. The van der Waals surface area contributed by atoms with Gasteiger partial charge in [-0.1, -0.05) is 39.0 Å². The van der Waals surface area contributed by atoms with E-state index < -0.39 is 0 Å². The van der Waals surface area contributed by atoms with E-state index >= 15 is 0 Å². The van der Waals surface area contributed by atoms with Crippen LogP contribution in [0.15, 0.2) is 30.3 Å². The SMILES string of the molecule is CC(N(C)c1cc(C(=N)N)c2ccccc2n1)C(C)(C)C. The summed E-state index contributed by atoms with van der Waals surface area (Å²) in [5.41, 5.74) is 7.49. The van der Waals surface area contributed by atoms with Crippen LogP contribution in [0.4, 0.5) is 5.82 Å². The first-order valence-corrected chi connectivity index (χ1v) is 7.19. The highest BCUT2D eigenvalue weighted by molar-refractivity contribution is 6.07. The lowest BCUT2D eigenvalue weighted by molar-refractivity contribution is 0.328. The van der Waals surface area contributed by atoms with Gasteiger partial charge in [0.15, 0.2) is 0 Å². The number of aromatic nitrogens is 1. The quantitative estimate of drug-likeness (QED) is 0.670. The fourth-order valence-corrected chi connectivity index (χ4v) is 2.34. The van der Waals surface area contributed by atoms with Crippen LogP contribution in [0.5, 0.6) is 0 Å². The Hall–Kier alpha value is -2.10. The van der Waals surface area contributed by atoms with Crippen LogP contribution in [0, 0.1) is 10.8 Å². The van der Waals surface area contributed by atoms with E-state index in [1.807, 2.05) is 37.4 Å². The molecule has 112 valence electrons. The van der Waals surface area contributed by atoms with Gasteiger partial charge in [0, 0.05) is 24.0 Å². The summed E-state index contributed by atoms with van der Waals surface area (Å²) >= 11 is 0. The van der Waals surface area contributed by atoms with Crippen molar-refractivity contribution in [1.29, 1.82) is 5.41 Å². The number of hydrogen-bond donors (Lipinski definition) is 2. The Morgan fingerprint density at radius 3 is 2.48 bits per heavy atom. The van der Waals surface area contributed by atoms with E-state index in [4.69, 9.17) is 16.1 Å². The fourth-order valence-electron chi connectivity index (χ4n) is 2.34. The largest absolute Gasteiger partial charge is 0.384 e. The maximum absolute atomic E-state index is 7.82. The third kappa shape index (κ3) is 2.99. The minimum atomic E-state index is 0.0756. The lowest BCUT2D eigenvalue weighted by Gasteiger charge is -2.36. The smallest absolute Gasteiger partial charge is 0.129 e. The number of pyridine rings is 1. The number of rotatable bonds is 3. The van der Waals surface area contributed by atoms with E-state index in [0.29, 0.717) is 6.04 Å². The van der Waals surface area contributed by atoms with Crippen molar-refractivity contribution in [2.75, 3.05) is 11.9 Å². The lowest BCUT2D eigenvalue weighted by Crippen LogP contribution is -2.40. The van der Waals surface area contributed by atoms with Crippen molar-refractivity contribution in [2.24, 2.45) is 11.1 Å². The van der Waals surface area contributed by atoms with Gasteiger partial charge in [0.25, 0.3) is 0 Å². The van der Waals surface area contributed by atoms with Crippen molar-refractivity contribution in [2.45, 2.75) is 33.7 Å². The predicted molar refractivity (Wildman–Crippen MR) is 90.1 cm³/mol. The zero-order valence-electron chi connectivity index (χ0n) is 13.4. The molecule has 1 aromatic carbocycles. The normalized spacial score (nSPS) is 13.2. The van der Waals surface area contributed by atoms with E-state index in [-0.39, 0.29) is 11.3 Å². The van der Waals surface area contributed by atoms with E-state index in [9.17, 15) is 0 Å². The van der Waals surface area contributed by atoms with E-state index in [2.05, 4.69) is 32.6 Å². The number of amidine groups is 1. The number of nitrogen functional groups attached to an aromatic ring is 1. The van der Waals surface area contributed by atoms with Crippen LogP contribution in [0.3, 0.4) is 0 Å². The second-order valence-corrected chi connectivity index (χ2v) is 6.61. The fraction of sp³-hybridized carbons (Fsp3) is 0.412. The highest BCUT2D eigenvalue weighted by Gasteiger charge is 2.25. The molecule has 21 heavy (non-hydrogen) atoms. The molecule has 0 aliphatic carbocycles. The number of nitrogens with zero attached hydrogens (tertiary/aromatic N) is 2. The predicted octanol–water partition coefficient (Wildman–Crippen LogP) is 3.39. The molecule has 1 aromatic heterocycles. The molecule has 2 rings (SSSR count). The summed E-state index contributed by atoms with van der Waals surface area (Å²) in [6.45, 7) is 8.81. The Labute approximate surface area is 126 Å². The average molecular weight is 284 g/mol. The van der Waals surface area contributed by atoms with Gasteiger partial charge in [-0.3, -0.25) is 5.41 Å². The number of nitrogens with one attached hydrogen (secondary N) is 1. The zero-order valence-corrected chi connectivity index (χ0v) is 13.4. The standard InChI is InChI=1S/C17H24N4/c1-11(17(2,3)4)21(5)15-10-13(16(18)19)12-8-6-7-9-14(12)20-15/h6-11H,1-5H3,(H3,18,19). The topological polar surface area (TPSA) is 66.0 Å². The van der Waals surface area contributed by atoms with Crippen LogP contribution >= 0.6 is 0 Å². The molecule has 0 aliphatic rings. The Morgan fingerprint density at radius 1 is 1.29 bits per heavy atom. The van der Waals surface area contributed by atoms with Gasteiger partial charge in [-0.25, -0.2) is 4.98 Å². The van der Waals surface area contributed by atoms with Crippen molar-refractivity contribution < 1.29 is 0 Å². The summed E-state index contributed by atoms with van der Waals surface area (Å²) in [6.07, 6.45) is 0. The van der Waals surface area contributed by atoms with Crippen LogP contribution in [0.25, 0.3) is 10.9 Å². The second kappa shape index (κ2) is 5.35. The first-order valence-electron chi connectivity index (χ1n) is 7.19. The maximum atomic E-state index is 7.82. The van der Waals surface area contributed by atoms with Gasteiger partial charge in [0.05, 0.1) is 5.52 Å². The van der Waals surface area contributed by atoms with E-state index in [1.54, 1.807) is 0 Å². The highest BCUT2D eigenvalue weighted by Crippen LogP contribution is 2.28. The third-order valence-electron chi connectivity index (χ3n) is 4.19. The Balaban J connectivity index is 2.58. The third-order valence-corrected chi connectivity index (χ3v) is 4.19. The molecule has 0 aliphatic heterocycles. The molecule has 0 amide bonds. The van der Waals surface area contributed by atoms with Gasteiger partial charge in [-0.2, -0.15) is 0 Å². The van der Waals surface area contributed by atoms with Crippen molar-refractivity contribution >= 4 is 22.6 Å². The number of fused-ring (bicyclic) bond motifs is 1. The molecular weight excluding hydrogens is 260 g/mol. The molecule has 0 fully saturated rings. The Bertz CT molecular complexity index is 670. The van der Waals surface area contributed by atoms with Gasteiger partial charge < -0.3 is 10.6 Å². The van der Waals surface area contributed by atoms with Gasteiger partial charge in [-0.05, 0) is 24.5 Å². The maximum Gasteiger partial charge on any atom is 0.129 e. The summed E-state index contributed by atoms with van der Waals surface area (Å²) in [5.74, 6) is 0.924. The number of benzene rings is 1. The van der Waals surface area contributed by atoms with Crippen LogP contribution in [0.1, 0.15) is 33.3 Å². The minimum Gasteiger partial charge on any atom is -0.384 e. The van der Waals surface area contributed by atoms with Crippen LogP contribution in [-0.2, 0) is 0 Å². The Kier molecular flexibility index (Phi) is 3.90. The van der Waals surface area contributed by atoms with Crippen LogP contribution < -0.4 is 10.6 Å². The monoisotopic (exact) mass is 284 g/mol. The van der Waals surface area contributed by atoms with Crippen molar-refractivity contribution in [1.82, 2.24) is 4.98 Å². The van der Waals surface area contributed by atoms with Crippen LogP contribution in [-0.4, -0.2) is 23.9 Å². The van der Waals surface area contributed by atoms with Crippen molar-refractivity contribution in [3.63, 3.8) is 0 Å². The van der Waals surface area contributed by atoms with Gasteiger partial charge >= 0.3 is 0 Å². The zero-order chi connectivity index (χ0) is 15.8. The first-order chi connectivity index (χ1) is 9.71. The molecule has 1 unspecified atom stereocenters. The van der Waals surface area contributed by atoms with Crippen molar-refractivity contribution in [3.8, 4) is 0 Å². The number of hydrogen-bond acceptors (Lipinski definition) is 3. The number of anilines is 1. The Morgan fingerprint density at radius 2 is 1.90 bits per heavy atom. The van der Waals surface area contributed by atoms with E-state index in [0.717, 1.165) is 22.3 Å². The molecule has 0 bridgehead atoms. The van der Waals surface area contributed by atoms with Gasteiger partial charge in [0.2, 0.25) is 0 Å². The summed E-state index contributed by atoms with van der Waals surface area (Å²) in [5, 5.41) is 8.74. The number of nitrogens with two attached hydrogens (primary N) is 1. The molecule has 0 spiro atoms. The highest BCUT2D eigenvalue weighted by atomic mass is 15.2. The molecule has 1 heterocycles. The molecule has 1 atom stereocenters. The summed E-state index contributed by atoms with van der Waals surface area (Å²) < 4.78 is 0. The molecular formula is C17H24N4. The van der Waals surface area contributed by atoms with E-state index in [1.165, 1.54) is 0 Å². The second-order valence-electron chi connectivity index (χ2n) is 6.61. The molecule has 4 heteroatoms. The summed E-state index contributed by atoms with van der Waals surface area (Å²) in [6, 6.07) is 10.0. The average Bonchev–Trinajstić information content (AvgIpc) is 2.43. The summed E-state index contributed by atoms with van der Waals surface area (Å²) in [4.78, 5) is 6.88. The first kappa shape index (κ1) is 15.3. The van der Waals surface area contributed by atoms with Gasteiger partial charge in [0.1, 0.15) is 11.7 Å². The van der Waals surface area contributed by atoms with Crippen molar-refractivity contribution in [3.05, 3.63) is 35.9 Å². The van der Waals surface area contributed by atoms with Gasteiger partial charge in [-0.15, -0.1) is 0 Å². The minimum absolute atomic E-state index is 0.0756. The summed E-state index contributed by atoms with van der Waals surface area (Å²) in [7, 11) is 2.04. The molecule has 4 nitrogen and oxygen atoms in total. The number of para-hydroxylation sites is 1. The molecule has 2 aromatic rings. The van der Waals surface area contributed by atoms with Crippen LogP contribution in [0.2, 0.25) is 0 Å². The molecule has 0 saturated heterocycles.